The third-order valence-electron chi connectivity index (χ3n) is 5.07. The summed E-state index contributed by atoms with van der Waals surface area (Å²) in [5.41, 5.74) is 3.54. The minimum atomic E-state index is -0.192. The molecule has 0 saturated heterocycles. The van der Waals surface area contributed by atoms with E-state index in [4.69, 9.17) is 4.52 Å². The topological polar surface area (TPSA) is 87.5 Å². The van der Waals surface area contributed by atoms with Gasteiger partial charge >= 0.3 is 0 Å². The molecule has 7 heteroatoms. The molecule has 2 amide bonds. The molecule has 0 spiro atoms. The molecule has 2 aromatic carbocycles. The first-order chi connectivity index (χ1) is 14.5. The fourth-order valence-corrected chi connectivity index (χ4v) is 3.26. The number of rotatable bonds is 9. The maximum Gasteiger partial charge on any atom is 0.251 e. The van der Waals surface area contributed by atoms with Crippen molar-refractivity contribution in [1.29, 1.82) is 0 Å². The first kappa shape index (κ1) is 21.5. The molecule has 1 heterocycles. The van der Waals surface area contributed by atoms with Crippen LogP contribution >= 0.6 is 0 Å². The molecule has 0 atom stereocenters. The number of hydrogen-bond donors (Lipinski definition) is 2. The number of benzene rings is 2. The van der Waals surface area contributed by atoms with Crippen LogP contribution in [0.15, 0.2) is 47.0 Å². The fourth-order valence-electron chi connectivity index (χ4n) is 3.26. The average molecular weight is 409 g/mol. The van der Waals surface area contributed by atoms with Crippen molar-refractivity contribution < 1.29 is 14.1 Å². The number of aryl methyl sites for hydroxylation is 1. The number of aromatic nitrogens is 1. The number of likely N-dealkylation sites (N-methyl/N-ethyl adjacent to an activating group) is 1. The fraction of sp³-hybridized carbons (Fsp3) is 0.348. The molecule has 0 fully saturated rings. The van der Waals surface area contributed by atoms with Gasteiger partial charge in [-0.2, -0.15) is 0 Å². The van der Waals surface area contributed by atoms with Gasteiger partial charge in [0.15, 0.2) is 5.58 Å². The molecule has 0 aliphatic heterocycles. The van der Waals surface area contributed by atoms with E-state index < -0.39 is 0 Å². The van der Waals surface area contributed by atoms with Crippen LogP contribution in [0, 0.1) is 6.92 Å². The minimum Gasteiger partial charge on any atom is -0.356 e. The van der Waals surface area contributed by atoms with Gasteiger partial charge in [-0.3, -0.25) is 9.59 Å². The number of nitrogens with one attached hydrogen (secondary N) is 2. The van der Waals surface area contributed by atoms with Crippen molar-refractivity contribution in [3.63, 3.8) is 0 Å². The number of carbonyl (C=O) groups excluding carboxylic acids is 2. The van der Waals surface area contributed by atoms with E-state index in [0.29, 0.717) is 29.1 Å². The molecule has 2 N–H and O–H groups in total. The third-order valence-corrected chi connectivity index (χ3v) is 5.07. The predicted octanol–water partition coefficient (Wildman–Crippen LogP) is 3.39. The summed E-state index contributed by atoms with van der Waals surface area (Å²) in [5, 5.41) is 10.6. The summed E-state index contributed by atoms with van der Waals surface area (Å²) in [6.07, 6.45) is 0.115. The lowest BCUT2D eigenvalue weighted by atomic mass is 10.1. The van der Waals surface area contributed by atoms with Gasteiger partial charge in [0.1, 0.15) is 5.69 Å². The van der Waals surface area contributed by atoms with Gasteiger partial charge in [-0.15, -0.1) is 0 Å². The highest BCUT2D eigenvalue weighted by Gasteiger charge is 2.13. The van der Waals surface area contributed by atoms with Gasteiger partial charge in [-0.1, -0.05) is 30.6 Å². The van der Waals surface area contributed by atoms with Gasteiger partial charge < -0.3 is 20.1 Å². The maximum atomic E-state index is 12.4. The van der Waals surface area contributed by atoms with Gasteiger partial charge in [0.2, 0.25) is 5.91 Å². The number of fused-ring (bicyclic) bond motifs is 1. The highest BCUT2D eigenvalue weighted by atomic mass is 16.5. The normalized spacial score (nSPS) is 11.1. The first-order valence-electron chi connectivity index (χ1n) is 10.3. The number of carbonyl (C=O) groups is 2. The highest BCUT2D eigenvalue weighted by Crippen LogP contribution is 2.20. The second-order valence-corrected chi connectivity index (χ2v) is 7.21. The van der Waals surface area contributed by atoms with E-state index in [1.165, 1.54) is 0 Å². The molecule has 3 aromatic rings. The summed E-state index contributed by atoms with van der Waals surface area (Å²) < 4.78 is 5.28. The summed E-state index contributed by atoms with van der Waals surface area (Å²) in [6.45, 7) is 9.54. The summed E-state index contributed by atoms with van der Waals surface area (Å²) in [4.78, 5) is 26.9. The maximum absolute atomic E-state index is 12.4. The molecule has 30 heavy (non-hydrogen) atoms. The van der Waals surface area contributed by atoms with Crippen LogP contribution in [0.2, 0.25) is 0 Å². The average Bonchev–Trinajstić information content (AvgIpc) is 3.13. The lowest BCUT2D eigenvalue weighted by Crippen LogP contribution is -2.34. The van der Waals surface area contributed by atoms with Crippen LogP contribution in [0.25, 0.3) is 11.0 Å². The Labute approximate surface area is 176 Å². The van der Waals surface area contributed by atoms with E-state index in [9.17, 15) is 9.59 Å². The largest absolute Gasteiger partial charge is 0.356 e. The second-order valence-electron chi connectivity index (χ2n) is 7.21. The van der Waals surface area contributed by atoms with E-state index in [1.807, 2.05) is 25.1 Å². The molecule has 0 aliphatic carbocycles. The summed E-state index contributed by atoms with van der Waals surface area (Å²) in [6, 6.07) is 12.6. The molecule has 7 nitrogen and oxygen atoms in total. The van der Waals surface area contributed by atoms with E-state index in [2.05, 4.69) is 34.5 Å². The van der Waals surface area contributed by atoms with Crippen molar-refractivity contribution in [2.24, 2.45) is 0 Å². The van der Waals surface area contributed by atoms with Crippen LogP contribution in [0.3, 0.4) is 0 Å². The number of nitrogens with zero attached hydrogens (tertiary/aromatic N) is 2. The molecule has 0 saturated carbocycles. The van der Waals surface area contributed by atoms with E-state index in [1.54, 1.807) is 24.3 Å². The van der Waals surface area contributed by atoms with Crippen molar-refractivity contribution in [2.45, 2.75) is 27.2 Å². The van der Waals surface area contributed by atoms with Crippen LogP contribution in [-0.4, -0.2) is 48.0 Å². The minimum absolute atomic E-state index is 0.115. The SMILES string of the molecule is CCN(CC)CCNC(=O)c1ccc(NC(=O)Cc2noc3ccc(C)cc23)cc1. The Kier molecular flexibility index (Phi) is 7.19. The summed E-state index contributed by atoms with van der Waals surface area (Å²) in [7, 11) is 0. The lowest BCUT2D eigenvalue weighted by Gasteiger charge is -2.17. The second kappa shape index (κ2) is 10.0. The zero-order valence-corrected chi connectivity index (χ0v) is 17.7. The van der Waals surface area contributed by atoms with Gasteiger partial charge in [0.05, 0.1) is 6.42 Å². The van der Waals surface area contributed by atoms with Crippen molar-refractivity contribution in [2.75, 3.05) is 31.5 Å². The number of anilines is 1. The molecule has 158 valence electrons. The Bertz CT molecular complexity index is 1010. The van der Waals surface area contributed by atoms with Crippen molar-refractivity contribution >= 4 is 28.5 Å². The highest BCUT2D eigenvalue weighted by molar-refractivity contribution is 5.97. The molecule has 0 radical (unpaired) electrons. The van der Waals surface area contributed by atoms with Crippen molar-refractivity contribution in [3.8, 4) is 0 Å². The van der Waals surface area contributed by atoms with Crippen LogP contribution in [0.4, 0.5) is 5.69 Å². The van der Waals surface area contributed by atoms with Gasteiger partial charge in [-0.05, 0) is 56.4 Å². The van der Waals surface area contributed by atoms with Gasteiger partial charge in [-0.25, -0.2) is 0 Å². The lowest BCUT2D eigenvalue weighted by molar-refractivity contribution is -0.115. The monoisotopic (exact) mass is 408 g/mol. The molecule has 0 unspecified atom stereocenters. The quantitative estimate of drug-likeness (QED) is 0.567. The zero-order chi connectivity index (χ0) is 21.5. The zero-order valence-electron chi connectivity index (χ0n) is 17.7. The van der Waals surface area contributed by atoms with Gasteiger partial charge in [0.25, 0.3) is 5.91 Å². The van der Waals surface area contributed by atoms with Crippen LogP contribution in [0.5, 0.6) is 0 Å². The molecular weight excluding hydrogens is 380 g/mol. The third kappa shape index (κ3) is 5.45. The van der Waals surface area contributed by atoms with Crippen LogP contribution in [-0.2, 0) is 11.2 Å². The number of hydrogen-bond acceptors (Lipinski definition) is 5. The Balaban J connectivity index is 1.54. The predicted molar refractivity (Wildman–Crippen MR) is 118 cm³/mol. The molecule has 1 aromatic heterocycles. The van der Waals surface area contributed by atoms with Gasteiger partial charge in [0, 0.05) is 29.7 Å². The smallest absolute Gasteiger partial charge is 0.251 e. The van der Waals surface area contributed by atoms with E-state index >= 15 is 0 Å². The molecule has 0 aliphatic rings. The Morgan fingerprint density at radius 3 is 2.50 bits per heavy atom. The van der Waals surface area contributed by atoms with Crippen LogP contribution in [0.1, 0.15) is 35.5 Å². The van der Waals surface area contributed by atoms with E-state index in [0.717, 1.165) is 30.6 Å². The first-order valence-corrected chi connectivity index (χ1v) is 10.3. The number of amides is 2. The van der Waals surface area contributed by atoms with Crippen molar-refractivity contribution in [3.05, 3.63) is 59.3 Å². The Hall–Kier alpha value is -3.19. The Morgan fingerprint density at radius 1 is 1.07 bits per heavy atom. The van der Waals surface area contributed by atoms with Crippen LogP contribution < -0.4 is 10.6 Å². The molecule has 0 bridgehead atoms. The summed E-state index contributed by atoms with van der Waals surface area (Å²) in [5.74, 6) is -0.312. The molecular formula is C23H28N4O3. The van der Waals surface area contributed by atoms with Crippen molar-refractivity contribution in [1.82, 2.24) is 15.4 Å². The standard InChI is InChI=1S/C23H28N4O3/c1-4-27(5-2)13-12-24-23(29)17-7-9-18(10-8-17)25-22(28)15-20-19-14-16(3)6-11-21(19)30-26-20/h6-11,14H,4-5,12-13,15H2,1-3H3,(H,24,29)(H,25,28). The molecule has 3 rings (SSSR count). The van der Waals surface area contributed by atoms with E-state index in [-0.39, 0.29) is 18.2 Å². The summed E-state index contributed by atoms with van der Waals surface area (Å²) >= 11 is 0. The Morgan fingerprint density at radius 2 is 1.80 bits per heavy atom.